The van der Waals surface area contributed by atoms with Gasteiger partial charge < -0.3 is 14.5 Å². The van der Waals surface area contributed by atoms with E-state index in [0.717, 1.165) is 22.8 Å². The molecule has 1 aliphatic heterocycles. The topological polar surface area (TPSA) is 58.6 Å². The van der Waals surface area contributed by atoms with Crippen LogP contribution in [0.2, 0.25) is 5.02 Å². The van der Waals surface area contributed by atoms with Crippen molar-refractivity contribution in [1.82, 2.24) is 15.1 Å². The van der Waals surface area contributed by atoms with E-state index < -0.39 is 0 Å². The Morgan fingerprint density at radius 2 is 1.77 bits per heavy atom. The van der Waals surface area contributed by atoms with Gasteiger partial charge in [0.1, 0.15) is 5.75 Å². The van der Waals surface area contributed by atoms with Crippen LogP contribution in [0.5, 0.6) is 5.75 Å². The number of hydrogen-bond acceptors (Lipinski definition) is 5. The molecule has 1 aliphatic rings. The third kappa shape index (κ3) is 4.54. The molecule has 1 aromatic heterocycles. The number of rotatable bonds is 5. The van der Waals surface area contributed by atoms with Crippen LogP contribution in [0.15, 0.2) is 60.7 Å². The first kappa shape index (κ1) is 20.2. The van der Waals surface area contributed by atoms with Gasteiger partial charge in [0.15, 0.2) is 5.82 Å². The van der Waals surface area contributed by atoms with Crippen molar-refractivity contribution in [2.24, 2.45) is 0 Å². The lowest BCUT2D eigenvalue weighted by atomic mass is 10.1. The molecule has 1 amide bonds. The summed E-state index contributed by atoms with van der Waals surface area (Å²) in [4.78, 5) is 16.7. The Hall–Kier alpha value is -3.12. The zero-order chi connectivity index (χ0) is 20.9. The minimum Gasteiger partial charge on any atom is -0.494 e. The zero-order valence-corrected chi connectivity index (χ0v) is 17.5. The van der Waals surface area contributed by atoms with E-state index in [1.165, 1.54) is 0 Å². The summed E-state index contributed by atoms with van der Waals surface area (Å²) in [6.45, 7) is 5.30. The van der Waals surface area contributed by atoms with Crippen molar-refractivity contribution in [3.63, 3.8) is 0 Å². The number of carbonyl (C=O) groups is 1. The standard InChI is InChI=1S/C23H23ClN4O2/c1-2-30-20-8-6-17(7-9-20)21-10-11-22(26-25-21)27-12-14-28(15-13-27)23(29)18-4-3-5-19(24)16-18/h3-11,16H,2,12-15H2,1H3. The average molecular weight is 423 g/mol. The molecule has 0 bridgehead atoms. The first-order valence-corrected chi connectivity index (χ1v) is 10.4. The Morgan fingerprint density at radius 3 is 2.40 bits per heavy atom. The van der Waals surface area contributed by atoms with Crippen LogP contribution in [0.3, 0.4) is 0 Å². The predicted molar refractivity (Wildman–Crippen MR) is 118 cm³/mol. The molecule has 0 radical (unpaired) electrons. The summed E-state index contributed by atoms with van der Waals surface area (Å²) in [7, 11) is 0. The van der Waals surface area contributed by atoms with Gasteiger partial charge >= 0.3 is 0 Å². The van der Waals surface area contributed by atoms with E-state index in [-0.39, 0.29) is 5.91 Å². The molecule has 6 nitrogen and oxygen atoms in total. The van der Waals surface area contributed by atoms with Crippen molar-refractivity contribution >= 4 is 23.3 Å². The van der Waals surface area contributed by atoms with Gasteiger partial charge in [-0.3, -0.25) is 4.79 Å². The molecule has 0 saturated carbocycles. The summed E-state index contributed by atoms with van der Waals surface area (Å²) in [5.74, 6) is 1.67. The maximum atomic E-state index is 12.7. The Labute approximate surface area is 181 Å². The first-order chi connectivity index (χ1) is 14.6. The van der Waals surface area contributed by atoms with Gasteiger partial charge in [-0.25, -0.2) is 0 Å². The fourth-order valence-corrected chi connectivity index (χ4v) is 3.67. The molecule has 0 aliphatic carbocycles. The van der Waals surface area contributed by atoms with Crippen LogP contribution in [0.4, 0.5) is 5.82 Å². The molecule has 2 heterocycles. The molecular weight excluding hydrogens is 400 g/mol. The average Bonchev–Trinajstić information content (AvgIpc) is 2.80. The number of piperazine rings is 1. The molecule has 4 rings (SSSR count). The highest BCUT2D eigenvalue weighted by molar-refractivity contribution is 6.30. The number of anilines is 1. The smallest absolute Gasteiger partial charge is 0.254 e. The van der Waals surface area contributed by atoms with Gasteiger partial charge in [-0.05, 0) is 61.5 Å². The van der Waals surface area contributed by atoms with Crippen LogP contribution in [0.1, 0.15) is 17.3 Å². The lowest BCUT2D eigenvalue weighted by molar-refractivity contribution is 0.0746. The minimum atomic E-state index is 0.00841. The predicted octanol–water partition coefficient (Wildman–Crippen LogP) is 4.16. The molecule has 30 heavy (non-hydrogen) atoms. The van der Waals surface area contributed by atoms with Crippen molar-refractivity contribution < 1.29 is 9.53 Å². The second kappa shape index (κ2) is 9.13. The number of carbonyl (C=O) groups excluding carboxylic acids is 1. The number of hydrogen-bond donors (Lipinski definition) is 0. The van der Waals surface area contributed by atoms with E-state index >= 15 is 0 Å². The van der Waals surface area contributed by atoms with Crippen molar-refractivity contribution in [2.75, 3.05) is 37.7 Å². The van der Waals surface area contributed by atoms with Crippen LogP contribution >= 0.6 is 11.6 Å². The van der Waals surface area contributed by atoms with Gasteiger partial charge in [-0.1, -0.05) is 17.7 Å². The lowest BCUT2D eigenvalue weighted by Gasteiger charge is -2.35. The second-order valence-electron chi connectivity index (χ2n) is 7.02. The fraction of sp³-hybridized carbons (Fsp3) is 0.261. The van der Waals surface area contributed by atoms with E-state index in [4.69, 9.17) is 16.3 Å². The SMILES string of the molecule is CCOc1ccc(-c2ccc(N3CCN(C(=O)c4cccc(Cl)c4)CC3)nn2)cc1. The van der Waals surface area contributed by atoms with Gasteiger partial charge in [-0.2, -0.15) is 0 Å². The van der Waals surface area contributed by atoms with Gasteiger partial charge in [0.25, 0.3) is 5.91 Å². The molecule has 0 N–H and O–H groups in total. The maximum absolute atomic E-state index is 12.7. The third-order valence-corrected chi connectivity index (χ3v) is 5.31. The Bertz CT molecular complexity index is 1000. The number of amides is 1. The highest BCUT2D eigenvalue weighted by Crippen LogP contribution is 2.22. The van der Waals surface area contributed by atoms with Crippen molar-refractivity contribution in [3.8, 4) is 17.0 Å². The summed E-state index contributed by atoms with van der Waals surface area (Å²) >= 11 is 6.01. The fourth-order valence-electron chi connectivity index (χ4n) is 3.48. The zero-order valence-electron chi connectivity index (χ0n) is 16.8. The normalized spacial score (nSPS) is 13.9. The van der Waals surface area contributed by atoms with E-state index in [1.54, 1.807) is 24.3 Å². The second-order valence-corrected chi connectivity index (χ2v) is 7.46. The minimum absolute atomic E-state index is 0.00841. The van der Waals surface area contributed by atoms with Crippen LogP contribution in [-0.2, 0) is 0 Å². The lowest BCUT2D eigenvalue weighted by Crippen LogP contribution is -2.49. The molecule has 7 heteroatoms. The monoisotopic (exact) mass is 422 g/mol. The molecule has 0 spiro atoms. The van der Waals surface area contributed by atoms with Crippen LogP contribution in [-0.4, -0.2) is 53.8 Å². The van der Waals surface area contributed by atoms with Gasteiger partial charge in [0, 0.05) is 42.3 Å². The third-order valence-electron chi connectivity index (χ3n) is 5.07. The molecule has 2 aromatic carbocycles. The quantitative estimate of drug-likeness (QED) is 0.618. The largest absolute Gasteiger partial charge is 0.494 e. The Kier molecular flexibility index (Phi) is 6.14. The molecule has 154 valence electrons. The highest BCUT2D eigenvalue weighted by atomic mass is 35.5. The van der Waals surface area contributed by atoms with Crippen LogP contribution in [0.25, 0.3) is 11.3 Å². The highest BCUT2D eigenvalue weighted by Gasteiger charge is 2.23. The molecule has 1 saturated heterocycles. The Balaban J connectivity index is 1.37. The van der Waals surface area contributed by atoms with Gasteiger partial charge in [-0.15, -0.1) is 10.2 Å². The summed E-state index contributed by atoms with van der Waals surface area (Å²) < 4.78 is 5.48. The van der Waals surface area contributed by atoms with Gasteiger partial charge in [0.2, 0.25) is 0 Å². The number of aromatic nitrogens is 2. The number of benzene rings is 2. The van der Waals surface area contributed by atoms with E-state index in [1.807, 2.05) is 48.2 Å². The molecule has 0 atom stereocenters. The molecule has 0 unspecified atom stereocenters. The van der Waals surface area contributed by atoms with Gasteiger partial charge in [0.05, 0.1) is 12.3 Å². The van der Waals surface area contributed by atoms with E-state index in [9.17, 15) is 4.79 Å². The molecule has 1 fully saturated rings. The number of ether oxygens (including phenoxy) is 1. The Morgan fingerprint density at radius 1 is 1.00 bits per heavy atom. The maximum Gasteiger partial charge on any atom is 0.254 e. The van der Waals surface area contributed by atoms with Crippen molar-refractivity contribution in [1.29, 1.82) is 0 Å². The van der Waals surface area contributed by atoms with Crippen molar-refractivity contribution in [3.05, 3.63) is 71.2 Å². The molecule has 3 aromatic rings. The summed E-state index contributed by atoms with van der Waals surface area (Å²) in [6, 6.07) is 18.9. The molecular formula is C23H23ClN4O2. The summed E-state index contributed by atoms with van der Waals surface area (Å²) in [5, 5.41) is 9.36. The van der Waals surface area contributed by atoms with Crippen molar-refractivity contribution in [2.45, 2.75) is 6.92 Å². The van der Waals surface area contributed by atoms with E-state index in [0.29, 0.717) is 43.4 Å². The van der Waals surface area contributed by atoms with Crippen LogP contribution in [0, 0.1) is 0 Å². The number of nitrogens with zero attached hydrogens (tertiary/aromatic N) is 4. The first-order valence-electron chi connectivity index (χ1n) is 10.0. The summed E-state index contributed by atoms with van der Waals surface area (Å²) in [5.41, 5.74) is 2.43. The van der Waals surface area contributed by atoms with E-state index in [2.05, 4.69) is 15.1 Å². The number of halogens is 1. The van der Waals surface area contributed by atoms with Crippen LogP contribution < -0.4 is 9.64 Å². The summed E-state index contributed by atoms with van der Waals surface area (Å²) in [6.07, 6.45) is 0.